The van der Waals surface area contributed by atoms with Gasteiger partial charge in [0.25, 0.3) is 0 Å². The summed E-state index contributed by atoms with van der Waals surface area (Å²) in [6.45, 7) is 2.14. The molecule has 0 saturated heterocycles. The third-order valence-corrected chi connectivity index (χ3v) is 4.80. The van der Waals surface area contributed by atoms with Gasteiger partial charge in [-0.05, 0) is 37.8 Å². The Morgan fingerprint density at radius 3 is 3.28 bits per heavy atom. The molecule has 0 saturated carbocycles. The molecule has 18 heavy (non-hydrogen) atoms. The number of hydrogen-bond donors (Lipinski definition) is 2. The van der Waals surface area contributed by atoms with Crippen molar-refractivity contribution in [2.75, 3.05) is 0 Å². The molecule has 1 aliphatic rings. The quantitative estimate of drug-likeness (QED) is 0.897. The lowest BCUT2D eigenvalue weighted by Crippen LogP contribution is -2.27. The number of aryl methyl sites for hydroxylation is 1. The first-order valence-corrected chi connectivity index (χ1v) is 7.47. The van der Waals surface area contributed by atoms with E-state index in [4.69, 9.17) is 11.6 Å². The van der Waals surface area contributed by atoms with E-state index >= 15 is 0 Å². The van der Waals surface area contributed by atoms with Gasteiger partial charge in [0, 0.05) is 23.3 Å². The molecule has 3 rings (SSSR count). The van der Waals surface area contributed by atoms with Gasteiger partial charge < -0.3 is 10.3 Å². The largest absolute Gasteiger partial charge is 0.347 e. The minimum atomic E-state index is 0.231. The average molecular weight is 282 g/mol. The first kappa shape index (κ1) is 12.2. The van der Waals surface area contributed by atoms with Gasteiger partial charge in [0.15, 0.2) is 0 Å². The SMILES string of the molecule is CC(NC1CCCc2sc(Cl)cc21)c1ncc[nH]1. The van der Waals surface area contributed by atoms with Gasteiger partial charge in [-0.15, -0.1) is 11.3 Å². The number of fused-ring (bicyclic) bond motifs is 1. The van der Waals surface area contributed by atoms with Gasteiger partial charge in [0.05, 0.1) is 10.4 Å². The first-order chi connectivity index (χ1) is 8.74. The molecule has 2 N–H and O–H groups in total. The highest BCUT2D eigenvalue weighted by molar-refractivity contribution is 7.16. The Hall–Kier alpha value is -0.840. The summed E-state index contributed by atoms with van der Waals surface area (Å²) >= 11 is 7.84. The Labute approximate surface area is 116 Å². The molecular formula is C13H16ClN3S. The van der Waals surface area contributed by atoms with Crippen LogP contribution >= 0.6 is 22.9 Å². The van der Waals surface area contributed by atoms with Crippen LogP contribution in [0.5, 0.6) is 0 Å². The van der Waals surface area contributed by atoms with E-state index in [9.17, 15) is 0 Å². The van der Waals surface area contributed by atoms with E-state index in [0.717, 1.165) is 10.2 Å². The summed E-state index contributed by atoms with van der Waals surface area (Å²) in [6, 6.07) is 2.75. The van der Waals surface area contributed by atoms with E-state index in [1.165, 1.54) is 29.7 Å². The van der Waals surface area contributed by atoms with E-state index in [-0.39, 0.29) is 6.04 Å². The summed E-state index contributed by atoms with van der Waals surface area (Å²) in [4.78, 5) is 8.90. The summed E-state index contributed by atoms with van der Waals surface area (Å²) in [6.07, 6.45) is 7.22. The minimum absolute atomic E-state index is 0.231. The predicted octanol–water partition coefficient (Wildman–Crippen LogP) is 3.85. The van der Waals surface area contributed by atoms with Gasteiger partial charge in [0.1, 0.15) is 5.82 Å². The number of imidazole rings is 1. The van der Waals surface area contributed by atoms with Crippen LogP contribution in [-0.4, -0.2) is 9.97 Å². The van der Waals surface area contributed by atoms with Gasteiger partial charge in [0.2, 0.25) is 0 Å². The number of aromatic amines is 1. The molecule has 0 radical (unpaired) electrons. The maximum Gasteiger partial charge on any atom is 0.122 e. The molecule has 2 atom stereocenters. The molecule has 0 bridgehead atoms. The van der Waals surface area contributed by atoms with E-state index in [2.05, 4.69) is 28.3 Å². The van der Waals surface area contributed by atoms with Crippen molar-refractivity contribution in [3.8, 4) is 0 Å². The van der Waals surface area contributed by atoms with Crippen LogP contribution in [0.15, 0.2) is 18.5 Å². The molecule has 2 aromatic rings. The van der Waals surface area contributed by atoms with E-state index in [1.807, 2.05) is 6.20 Å². The number of nitrogens with one attached hydrogen (secondary N) is 2. The zero-order valence-corrected chi connectivity index (χ0v) is 11.8. The van der Waals surface area contributed by atoms with Crippen molar-refractivity contribution >= 4 is 22.9 Å². The molecule has 3 nitrogen and oxygen atoms in total. The van der Waals surface area contributed by atoms with E-state index < -0.39 is 0 Å². The van der Waals surface area contributed by atoms with Crippen molar-refractivity contribution < 1.29 is 0 Å². The van der Waals surface area contributed by atoms with Crippen molar-refractivity contribution in [1.82, 2.24) is 15.3 Å². The Kier molecular flexibility index (Phi) is 3.41. The Bertz CT molecular complexity index is 520. The van der Waals surface area contributed by atoms with Crippen molar-refractivity contribution in [2.45, 2.75) is 38.3 Å². The standard InChI is InChI=1S/C13H16ClN3S/c1-8(13-15-5-6-16-13)17-10-3-2-4-11-9(10)7-12(14)18-11/h5-8,10,17H,2-4H2,1H3,(H,15,16). The van der Waals surface area contributed by atoms with Crippen LogP contribution in [0.1, 0.15) is 48.1 Å². The van der Waals surface area contributed by atoms with Crippen LogP contribution in [0.3, 0.4) is 0 Å². The highest BCUT2D eigenvalue weighted by Crippen LogP contribution is 2.38. The molecule has 0 fully saturated rings. The molecule has 0 aliphatic heterocycles. The van der Waals surface area contributed by atoms with Gasteiger partial charge >= 0.3 is 0 Å². The number of aromatic nitrogens is 2. The Morgan fingerprint density at radius 1 is 1.61 bits per heavy atom. The highest BCUT2D eigenvalue weighted by Gasteiger charge is 2.24. The molecule has 2 heterocycles. The zero-order chi connectivity index (χ0) is 12.5. The first-order valence-electron chi connectivity index (χ1n) is 6.27. The van der Waals surface area contributed by atoms with Gasteiger partial charge in [-0.25, -0.2) is 4.98 Å². The maximum absolute atomic E-state index is 6.12. The number of hydrogen-bond acceptors (Lipinski definition) is 3. The van der Waals surface area contributed by atoms with E-state index in [1.54, 1.807) is 17.5 Å². The van der Waals surface area contributed by atoms with Crippen LogP contribution in [-0.2, 0) is 6.42 Å². The fraction of sp³-hybridized carbons (Fsp3) is 0.462. The number of H-pyrrole nitrogens is 1. The third-order valence-electron chi connectivity index (χ3n) is 3.46. The van der Waals surface area contributed by atoms with Gasteiger partial charge in [-0.2, -0.15) is 0 Å². The van der Waals surface area contributed by atoms with Crippen LogP contribution in [0.4, 0.5) is 0 Å². The van der Waals surface area contributed by atoms with Gasteiger partial charge in [-0.1, -0.05) is 11.6 Å². The smallest absolute Gasteiger partial charge is 0.122 e. The lowest BCUT2D eigenvalue weighted by atomic mass is 9.93. The molecule has 0 spiro atoms. The molecule has 2 unspecified atom stereocenters. The lowest BCUT2D eigenvalue weighted by Gasteiger charge is -2.26. The Morgan fingerprint density at radius 2 is 2.50 bits per heavy atom. The van der Waals surface area contributed by atoms with Crippen LogP contribution in [0.2, 0.25) is 4.34 Å². The summed E-state index contributed by atoms with van der Waals surface area (Å²) < 4.78 is 0.902. The van der Waals surface area contributed by atoms with Crippen molar-refractivity contribution in [3.05, 3.63) is 39.1 Å². The molecule has 1 aliphatic carbocycles. The molecular weight excluding hydrogens is 266 g/mol. The molecule has 0 amide bonds. The highest BCUT2D eigenvalue weighted by atomic mass is 35.5. The minimum Gasteiger partial charge on any atom is -0.347 e. The number of thiophene rings is 1. The summed E-state index contributed by atoms with van der Waals surface area (Å²) in [7, 11) is 0. The number of nitrogens with zero attached hydrogens (tertiary/aromatic N) is 1. The normalized spacial score (nSPS) is 20.7. The second-order valence-electron chi connectivity index (χ2n) is 4.74. The van der Waals surface area contributed by atoms with E-state index in [0.29, 0.717) is 6.04 Å². The summed E-state index contributed by atoms with van der Waals surface area (Å²) in [5, 5.41) is 3.65. The summed E-state index contributed by atoms with van der Waals surface area (Å²) in [5.41, 5.74) is 1.38. The fourth-order valence-electron chi connectivity index (χ4n) is 2.59. The second-order valence-corrected chi connectivity index (χ2v) is 6.50. The zero-order valence-electron chi connectivity index (χ0n) is 10.2. The number of halogens is 1. The van der Waals surface area contributed by atoms with Gasteiger partial charge in [-0.3, -0.25) is 0 Å². The monoisotopic (exact) mass is 281 g/mol. The molecule has 0 aromatic carbocycles. The van der Waals surface area contributed by atoms with Crippen LogP contribution in [0, 0.1) is 0 Å². The summed E-state index contributed by atoms with van der Waals surface area (Å²) in [5.74, 6) is 0.989. The third kappa shape index (κ3) is 2.32. The fourth-order valence-corrected chi connectivity index (χ4v) is 3.97. The van der Waals surface area contributed by atoms with Crippen molar-refractivity contribution in [2.24, 2.45) is 0 Å². The van der Waals surface area contributed by atoms with Crippen molar-refractivity contribution in [1.29, 1.82) is 0 Å². The molecule has 5 heteroatoms. The second kappa shape index (κ2) is 5.03. The topological polar surface area (TPSA) is 40.7 Å². The van der Waals surface area contributed by atoms with Crippen LogP contribution in [0.25, 0.3) is 0 Å². The average Bonchev–Trinajstić information content (AvgIpc) is 2.96. The maximum atomic E-state index is 6.12. The predicted molar refractivity (Wildman–Crippen MR) is 75.1 cm³/mol. The molecule has 2 aromatic heterocycles. The Balaban J connectivity index is 1.78. The van der Waals surface area contributed by atoms with Crippen molar-refractivity contribution in [3.63, 3.8) is 0 Å². The molecule has 96 valence electrons. The number of rotatable bonds is 3. The lowest BCUT2D eigenvalue weighted by molar-refractivity contribution is 0.410. The van der Waals surface area contributed by atoms with Crippen LogP contribution < -0.4 is 5.32 Å².